The standard InChI is InChI=1S/C13H19NO5S/c1-8-6-4-5-7-14(8)20(17,18)12-10(3)19-9(2)11(12)13(15)16/h8H,4-7H2,1-3H3,(H,15,16). The van der Waals surface area contributed by atoms with Gasteiger partial charge in [-0.05, 0) is 33.6 Å². The second kappa shape index (κ2) is 5.21. The van der Waals surface area contributed by atoms with Crippen LogP contribution in [-0.2, 0) is 10.0 Å². The minimum Gasteiger partial charge on any atom is -0.478 e. The summed E-state index contributed by atoms with van der Waals surface area (Å²) in [6.45, 7) is 5.22. The van der Waals surface area contributed by atoms with Gasteiger partial charge in [0, 0.05) is 12.6 Å². The smallest absolute Gasteiger partial charge is 0.340 e. The number of aryl methyl sites for hydroxylation is 2. The summed E-state index contributed by atoms with van der Waals surface area (Å²) in [7, 11) is -3.84. The maximum atomic E-state index is 12.8. The summed E-state index contributed by atoms with van der Waals surface area (Å²) in [5, 5.41) is 9.24. The summed E-state index contributed by atoms with van der Waals surface area (Å²) in [5.74, 6) is -1.02. The van der Waals surface area contributed by atoms with Gasteiger partial charge in [0.15, 0.2) is 0 Å². The molecule has 0 saturated carbocycles. The fourth-order valence-electron chi connectivity index (χ4n) is 2.77. The SMILES string of the molecule is Cc1oc(C)c(S(=O)(=O)N2CCCCC2C)c1C(=O)O. The van der Waals surface area contributed by atoms with E-state index >= 15 is 0 Å². The predicted molar refractivity (Wildman–Crippen MR) is 72.3 cm³/mol. The predicted octanol–water partition coefficient (Wildman–Crippen LogP) is 2.16. The van der Waals surface area contributed by atoms with Crippen molar-refractivity contribution in [2.45, 2.75) is 51.0 Å². The molecule has 1 saturated heterocycles. The molecule has 20 heavy (non-hydrogen) atoms. The van der Waals surface area contributed by atoms with E-state index in [-0.39, 0.29) is 28.0 Å². The lowest BCUT2D eigenvalue weighted by molar-refractivity contribution is 0.0691. The number of furan rings is 1. The number of carboxylic acids is 1. The first kappa shape index (κ1) is 15.1. The summed E-state index contributed by atoms with van der Waals surface area (Å²) in [4.78, 5) is 11.1. The zero-order chi connectivity index (χ0) is 15.1. The van der Waals surface area contributed by atoms with Crippen LogP contribution < -0.4 is 0 Å². The average molecular weight is 301 g/mol. The molecule has 2 heterocycles. The average Bonchev–Trinajstić information content (AvgIpc) is 2.65. The van der Waals surface area contributed by atoms with Crippen LogP contribution in [0.1, 0.15) is 48.1 Å². The van der Waals surface area contributed by atoms with Gasteiger partial charge >= 0.3 is 5.97 Å². The van der Waals surface area contributed by atoms with Crippen LogP contribution in [0.5, 0.6) is 0 Å². The molecule has 0 amide bonds. The van der Waals surface area contributed by atoms with Crippen LogP contribution >= 0.6 is 0 Å². The number of aromatic carboxylic acids is 1. The maximum absolute atomic E-state index is 12.8. The van der Waals surface area contributed by atoms with Gasteiger partial charge in [-0.3, -0.25) is 0 Å². The Labute approximate surface area is 118 Å². The van der Waals surface area contributed by atoms with E-state index in [0.29, 0.717) is 6.54 Å². The Bertz CT molecular complexity index is 631. The van der Waals surface area contributed by atoms with E-state index in [9.17, 15) is 18.3 Å². The van der Waals surface area contributed by atoms with Crippen molar-refractivity contribution in [2.75, 3.05) is 6.54 Å². The third-order valence-electron chi connectivity index (χ3n) is 3.73. The van der Waals surface area contributed by atoms with Crippen LogP contribution in [0.15, 0.2) is 9.31 Å². The Morgan fingerprint density at radius 2 is 1.95 bits per heavy atom. The zero-order valence-corrected chi connectivity index (χ0v) is 12.7. The van der Waals surface area contributed by atoms with Crippen LogP contribution in [0.2, 0.25) is 0 Å². The quantitative estimate of drug-likeness (QED) is 0.924. The van der Waals surface area contributed by atoms with E-state index in [4.69, 9.17) is 4.42 Å². The lowest BCUT2D eigenvalue weighted by Crippen LogP contribution is -2.42. The topological polar surface area (TPSA) is 87.8 Å². The van der Waals surface area contributed by atoms with Crippen molar-refractivity contribution in [3.8, 4) is 0 Å². The minimum absolute atomic E-state index is 0.120. The Kier molecular flexibility index (Phi) is 3.93. The van der Waals surface area contributed by atoms with E-state index in [2.05, 4.69) is 0 Å². The highest BCUT2D eigenvalue weighted by molar-refractivity contribution is 7.89. The number of piperidine rings is 1. The first-order chi connectivity index (χ1) is 9.26. The number of hydrogen-bond acceptors (Lipinski definition) is 4. The largest absolute Gasteiger partial charge is 0.478 e. The molecule has 6 nitrogen and oxygen atoms in total. The van der Waals surface area contributed by atoms with Crippen molar-refractivity contribution in [2.24, 2.45) is 0 Å². The second-order valence-corrected chi connectivity index (χ2v) is 7.01. The Hall–Kier alpha value is -1.34. The summed E-state index contributed by atoms with van der Waals surface area (Å²) < 4.78 is 32.1. The summed E-state index contributed by atoms with van der Waals surface area (Å²) in [6.07, 6.45) is 2.57. The maximum Gasteiger partial charge on any atom is 0.340 e. The van der Waals surface area contributed by atoms with Crippen LogP contribution in [0.3, 0.4) is 0 Å². The molecule has 112 valence electrons. The third kappa shape index (κ3) is 2.35. The lowest BCUT2D eigenvalue weighted by atomic mass is 10.1. The second-order valence-electron chi connectivity index (χ2n) is 5.18. The first-order valence-electron chi connectivity index (χ1n) is 6.62. The molecule has 0 spiro atoms. The van der Waals surface area contributed by atoms with Gasteiger partial charge in [-0.25, -0.2) is 13.2 Å². The molecule has 1 aromatic rings. The molecule has 0 aromatic carbocycles. The number of sulfonamides is 1. The first-order valence-corrected chi connectivity index (χ1v) is 8.06. The molecule has 7 heteroatoms. The van der Waals surface area contributed by atoms with Gasteiger partial charge in [-0.1, -0.05) is 6.42 Å². The van der Waals surface area contributed by atoms with Crippen LogP contribution in [-0.4, -0.2) is 36.4 Å². The Balaban J connectivity index is 2.57. The highest BCUT2D eigenvalue weighted by atomic mass is 32.2. The monoisotopic (exact) mass is 301 g/mol. The number of nitrogens with zero attached hydrogens (tertiary/aromatic N) is 1. The van der Waals surface area contributed by atoms with Gasteiger partial charge in [-0.2, -0.15) is 4.31 Å². The number of carboxylic acid groups (broad SMARTS) is 1. The Morgan fingerprint density at radius 3 is 2.50 bits per heavy atom. The van der Waals surface area contributed by atoms with Gasteiger partial charge in [-0.15, -0.1) is 0 Å². The summed E-state index contributed by atoms with van der Waals surface area (Å²) >= 11 is 0. The van der Waals surface area contributed by atoms with E-state index in [0.717, 1.165) is 19.3 Å². The number of carbonyl (C=O) groups is 1. The van der Waals surface area contributed by atoms with Crippen LogP contribution in [0.25, 0.3) is 0 Å². The van der Waals surface area contributed by atoms with Crippen molar-refractivity contribution >= 4 is 16.0 Å². The number of hydrogen-bond donors (Lipinski definition) is 1. The van der Waals surface area contributed by atoms with Gasteiger partial charge in [0.1, 0.15) is 22.0 Å². The summed E-state index contributed by atoms with van der Waals surface area (Å²) in [5.41, 5.74) is -0.250. The van der Waals surface area contributed by atoms with E-state index < -0.39 is 16.0 Å². The highest BCUT2D eigenvalue weighted by Gasteiger charge is 2.38. The lowest BCUT2D eigenvalue weighted by Gasteiger charge is -2.32. The number of rotatable bonds is 3. The molecule has 1 atom stereocenters. The molecule has 1 fully saturated rings. The molecule has 0 bridgehead atoms. The Morgan fingerprint density at radius 1 is 1.30 bits per heavy atom. The molecule has 1 N–H and O–H groups in total. The molecule has 1 aliphatic rings. The van der Waals surface area contributed by atoms with E-state index in [1.54, 1.807) is 0 Å². The summed E-state index contributed by atoms with van der Waals surface area (Å²) in [6, 6.07) is -0.120. The van der Waals surface area contributed by atoms with Crippen LogP contribution in [0, 0.1) is 13.8 Å². The molecule has 1 aromatic heterocycles. The van der Waals surface area contributed by atoms with Crippen molar-refractivity contribution in [3.63, 3.8) is 0 Å². The van der Waals surface area contributed by atoms with Crippen molar-refractivity contribution in [1.82, 2.24) is 4.31 Å². The van der Waals surface area contributed by atoms with Crippen molar-refractivity contribution in [3.05, 3.63) is 17.1 Å². The molecule has 1 unspecified atom stereocenters. The van der Waals surface area contributed by atoms with Gasteiger partial charge in [0.25, 0.3) is 0 Å². The van der Waals surface area contributed by atoms with E-state index in [1.807, 2.05) is 6.92 Å². The van der Waals surface area contributed by atoms with Gasteiger partial charge in [0.05, 0.1) is 0 Å². The molecule has 0 aliphatic carbocycles. The van der Waals surface area contributed by atoms with Crippen molar-refractivity contribution in [1.29, 1.82) is 0 Å². The van der Waals surface area contributed by atoms with E-state index in [1.165, 1.54) is 18.2 Å². The zero-order valence-electron chi connectivity index (χ0n) is 11.8. The third-order valence-corrected chi connectivity index (χ3v) is 5.90. The van der Waals surface area contributed by atoms with Crippen molar-refractivity contribution < 1.29 is 22.7 Å². The van der Waals surface area contributed by atoms with Crippen LogP contribution in [0.4, 0.5) is 0 Å². The molecule has 1 aliphatic heterocycles. The molecular weight excluding hydrogens is 282 g/mol. The molecule has 0 radical (unpaired) electrons. The minimum atomic E-state index is -3.84. The van der Waals surface area contributed by atoms with Gasteiger partial charge < -0.3 is 9.52 Å². The molecular formula is C13H19NO5S. The normalized spacial score (nSPS) is 21.1. The fraction of sp³-hybridized carbons (Fsp3) is 0.615. The molecule has 2 rings (SSSR count). The van der Waals surface area contributed by atoms with Gasteiger partial charge in [0.2, 0.25) is 10.0 Å². The highest BCUT2D eigenvalue weighted by Crippen LogP contribution is 2.32. The fourth-order valence-corrected chi connectivity index (χ4v) is 4.84.